The summed E-state index contributed by atoms with van der Waals surface area (Å²) in [5.74, 6) is -2.74. The second-order valence-corrected chi connectivity index (χ2v) is 7.47. The molecule has 0 fully saturated rings. The molecule has 0 aliphatic rings. The molecule has 0 saturated carbocycles. The van der Waals surface area contributed by atoms with E-state index in [0.717, 1.165) is 24.4 Å². The topological polar surface area (TPSA) is 76.0 Å². The number of carboxylic acid groups (broad SMARTS) is 1. The van der Waals surface area contributed by atoms with Gasteiger partial charge in [0, 0.05) is 17.3 Å². The van der Waals surface area contributed by atoms with Crippen molar-refractivity contribution in [2.45, 2.75) is 12.4 Å². The van der Waals surface area contributed by atoms with Gasteiger partial charge >= 0.3 is 18.3 Å². The first-order valence-electron chi connectivity index (χ1n) is 9.96. The van der Waals surface area contributed by atoms with Crippen molar-refractivity contribution in [1.82, 2.24) is 15.0 Å². The molecule has 4 rings (SSSR count). The first-order chi connectivity index (χ1) is 16.8. The van der Waals surface area contributed by atoms with Crippen molar-refractivity contribution in [1.29, 1.82) is 0 Å². The van der Waals surface area contributed by atoms with Crippen molar-refractivity contribution in [3.8, 4) is 33.8 Å². The Morgan fingerprint density at radius 1 is 0.694 bits per heavy atom. The van der Waals surface area contributed by atoms with Gasteiger partial charge < -0.3 is 5.11 Å². The lowest BCUT2D eigenvalue weighted by atomic mass is 10.0. The Morgan fingerprint density at radius 3 is 1.83 bits per heavy atom. The summed E-state index contributed by atoms with van der Waals surface area (Å²) in [5.41, 5.74) is -2.50. The largest absolute Gasteiger partial charge is 0.478 e. The van der Waals surface area contributed by atoms with E-state index in [1.807, 2.05) is 0 Å². The van der Waals surface area contributed by atoms with Crippen LogP contribution < -0.4 is 0 Å². The Kier molecular flexibility index (Phi) is 6.21. The molecule has 2 heterocycles. The summed E-state index contributed by atoms with van der Waals surface area (Å²) in [7, 11) is 0. The van der Waals surface area contributed by atoms with Gasteiger partial charge in [-0.3, -0.25) is 4.98 Å². The van der Waals surface area contributed by atoms with Crippen molar-refractivity contribution in [3.63, 3.8) is 0 Å². The number of pyridine rings is 1. The molecule has 0 amide bonds. The normalized spacial score (nSPS) is 12.0. The summed E-state index contributed by atoms with van der Waals surface area (Å²) in [6.45, 7) is 0. The average Bonchev–Trinajstić information content (AvgIpc) is 2.83. The standard InChI is InChI=1S/C24H12F7N3O2/c25-17-7-5-14(9-16(17)22(35)36)12-1-3-13(4-2-12)21-33-18(10-20(34-21)24(29,30)31)15-6-8-19(32-11-15)23(26,27)28/h1-11H,(H,35,36). The highest BCUT2D eigenvalue weighted by atomic mass is 19.4. The van der Waals surface area contributed by atoms with Crippen LogP contribution in [0.2, 0.25) is 0 Å². The number of nitrogens with zero attached hydrogens (tertiary/aromatic N) is 3. The minimum absolute atomic E-state index is 0.0821. The third-order valence-corrected chi connectivity index (χ3v) is 5.04. The molecule has 2 aromatic heterocycles. The number of aromatic nitrogens is 3. The average molecular weight is 507 g/mol. The Bertz CT molecular complexity index is 1430. The molecule has 184 valence electrons. The molecule has 0 radical (unpaired) electrons. The lowest BCUT2D eigenvalue weighted by molar-refractivity contribution is -0.141. The number of carbonyl (C=O) groups is 1. The second kappa shape index (κ2) is 9.02. The molecule has 4 aromatic rings. The number of aromatic carboxylic acids is 1. The van der Waals surface area contributed by atoms with Gasteiger partial charge in [0.15, 0.2) is 5.82 Å². The van der Waals surface area contributed by atoms with Crippen LogP contribution in [-0.2, 0) is 12.4 Å². The maximum Gasteiger partial charge on any atom is 0.433 e. The SMILES string of the molecule is O=C(O)c1cc(-c2ccc(-c3nc(-c4ccc(C(F)(F)F)nc4)cc(C(F)(F)F)n3)cc2)ccc1F. The Hall–Kier alpha value is -4.35. The highest BCUT2D eigenvalue weighted by molar-refractivity contribution is 5.89. The fourth-order valence-corrected chi connectivity index (χ4v) is 3.26. The van der Waals surface area contributed by atoms with Crippen LogP contribution in [0.1, 0.15) is 21.7 Å². The molecule has 0 unspecified atom stereocenters. The highest BCUT2D eigenvalue weighted by Crippen LogP contribution is 2.34. The summed E-state index contributed by atoms with van der Waals surface area (Å²) in [6.07, 6.45) is -8.82. The lowest BCUT2D eigenvalue weighted by Gasteiger charge is -2.12. The molecule has 12 heteroatoms. The van der Waals surface area contributed by atoms with Crippen molar-refractivity contribution in [2.75, 3.05) is 0 Å². The van der Waals surface area contributed by atoms with E-state index in [1.165, 1.54) is 30.3 Å². The maximum absolute atomic E-state index is 13.7. The second-order valence-electron chi connectivity index (χ2n) is 7.47. The van der Waals surface area contributed by atoms with Crippen molar-refractivity contribution in [3.05, 3.63) is 89.6 Å². The van der Waals surface area contributed by atoms with Crippen LogP contribution in [-0.4, -0.2) is 26.0 Å². The minimum Gasteiger partial charge on any atom is -0.478 e. The predicted molar refractivity (Wildman–Crippen MR) is 113 cm³/mol. The minimum atomic E-state index is -4.87. The van der Waals surface area contributed by atoms with Gasteiger partial charge in [0.05, 0.1) is 11.3 Å². The maximum atomic E-state index is 13.7. The van der Waals surface area contributed by atoms with Gasteiger partial charge in [-0.05, 0) is 41.5 Å². The van der Waals surface area contributed by atoms with E-state index in [0.29, 0.717) is 23.3 Å². The van der Waals surface area contributed by atoms with E-state index in [4.69, 9.17) is 5.11 Å². The summed E-state index contributed by atoms with van der Waals surface area (Å²) in [6, 6.07) is 11.3. The molecule has 0 spiro atoms. The summed E-state index contributed by atoms with van der Waals surface area (Å²) >= 11 is 0. The summed E-state index contributed by atoms with van der Waals surface area (Å²) in [4.78, 5) is 22.0. The van der Waals surface area contributed by atoms with Gasteiger partial charge in [-0.2, -0.15) is 26.3 Å². The fraction of sp³-hybridized carbons (Fsp3) is 0.0833. The van der Waals surface area contributed by atoms with Crippen molar-refractivity contribution < 1.29 is 40.6 Å². The molecule has 0 aliphatic heterocycles. The zero-order valence-electron chi connectivity index (χ0n) is 17.7. The number of rotatable bonds is 4. The van der Waals surface area contributed by atoms with Gasteiger partial charge in [0.25, 0.3) is 0 Å². The van der Waals surface area contributed by atoms with Crippen LogP contribution in [0.3, 0.4) is 0 Å². The number of halogens is 7. The molecule has 0 saturated heterocycles. The van der Waals surface area contributed by atoms with Gasteiger partial charge in [0.2, 0.25) is 0 Å². The molecule has 2 aromatic carbocycles. The molecule has 5 nitrogen and oxygen atoms in total. The Balaban J connectivity index is 1.75. The lowest BCUT2D eigenvalue weighted by Crippen LogP contribution is -2.11. The monoisotopic (exact) mass is 507 g/mol. The Morgan fingerprint density at radius 2 is 1.28 bits per heavy atom. The van der Waals surface area contributed by atoms with Gasteiger partial charge in [-0.15, -0.1) is 0 Å². The molecule has 0 aliphatic carbocycles. The van der Waals surface area contributed by atoms with Crippen LogP contribution >= 0.6 is 0 Å². The van der Waals surface area contributed by atoms with Gasteiger partial charge in [0.1, 0.15) is 17.2 Å². The van der Waals surface area contributed by atoms with Crippen molar-refractivity contribution in [2.24, 2.45) is 0 Å². The number of hydrogen-bond donors (Lipinski definition) is 1. The third-order valence-electron chi connectivity index (χ3n) is 5.04. The first kappa shape index (κ1) is 24.8. The van der Waals surface area contributed by atoms with E-state index >= 15 is 0 Å². The van der Waals surface area contributed by atoms with Crippen LogP contribution in [0.5, 0.6) is 0 Å². The molecule has 1 N–H and O–H groups in total. The number of benzene rings is 2. The van der Waals surface area contributed by atoms with Crippen LogP contribution in [0.15, 0.2) is 66.9 Å². The third kappa shape index (κ3) is 5.16. The number of hydrogen-bond acceptors (Lipinski definition) is 4. The molecule has 36 heavy (non-hydrogen) atoms. The smallest absolute Gasteiger partial charge is 0.433 e. The van der Waals surface area contributed by atoms with Crippen LogP contribution in [0.25, 0.3) is 33.8 Å². The van der Waals surface area contributed by atoms with E-state index in [-0.39, 0.29) is 22.6 Å². The zero-order chi connectivity index (χ0) is 26.3. The van der Waals surface area contributed by atoms with Gasteiger partial charge in [-0.25, -0.2) is 19.2 Å². The first-order valence-corrected chi connectivity index (χ1v) is 9.96. The summed E-state index contributed by atoms with van der Waals surface area (Å²) in [5, 5.41) is 9.09. The Labute approximate surface area is 197 Å². The quantitative estimate of drug-likeness (QED) is 0.310. The van der Waals surface area contributed by atoms with E-state index in [1.54, 1.807) is 0 Å². The molecule has 0 atom stereocenters. The molecular weight excluding hydrogens is 495 g/mol. The zero-order valence-corrected chi connectivity index (χ0v) is 17.7. The number of alkyl halides is 6. The number of carboxylic acids is 1. The van der Waals surface area contributed by atoms with Gasteiger partial charge in [-0.1, -0.05) is 30.3 Å². The van der Waals surface area contributed by atoms with Crippen molar-refractivity contribution >= 4 is 5.97 Å². The van der Waals surface area contributed by atoms with Crippen LogP contribution in [0.4, 0.5) is 30.7 Å². The molecule has 0 bridgehead atoms. The predicted octanol–water partition coefficient (Wildman–Crippen LogP) is 6.75. The molecular formula is C24H12F7N3O2. The summed E-state index contributed by atoms with van der Waals surface area (Å²) < 4.78 is 92.5. The fourth-order valence-electron chi connectivity index (χ4n) is 3.26. The van der Waals surface area contributed by atoms with E-state index in [2.05, 4.69) is 15.0 Å². The van der Waals surface area contributed by atoms with Crippen LogP contribution in [0, 0.1) is 5.82 Å². The van der Waals surface area contributed by atoms with E-state index < -0.39 is 41.1 Å². The van der Waals surface area contributed by atoms with E-state index in [9.17, 15) is 35.5 Å². The highest BCUT2D eigenvalue weighted by Gasteiger charge is 2.35.